The molecule has 1 heterocycles. The Morgan fingerprint density at radius 2 is 2.05 bits per heavy atom. The second-order valence-electron chi connectivity index (χ2n) is 4.51. The average Bonchev–Trinajstić information content (AvgIpc) is 2.91. The Bertz CT molecular complexity index is 666. The molecule has 0 saturated heterocycles. The van der Waals surface area contributed by atoms with Gasteiger partial charge in [0, 0.05) is 18.4 Å². The number of nitrogens with zero attached hydrogens (tertiary/aromatic N) is 2. The quantitative estimate of drug-likeness (QED) is 0.925. The van der Waals surface area contributed by atoms with E-state index >= 15 is 0 Å². The number of hydrogen-bond donors (Lipinski definition) is 1. The summed E-state index contributed by atoms with van der Waals surface area (Å²) in [6.45, 7) is 3.26. The lowest BCUT2D eigenvalue weighted by atomic mass is 10.1. The molecule has 0 spiro atoms. The molecule has 0 unspecified atom stereocenters. The van der Waals surface area contributed by atoms with Gasteiger partial charge in [0.2, 0.25) is 0 Å². The van der Waals surface area contributed by atoms with Crippen LogP contribution in [0.4, 0.5) is 18.9 Å². The van der Waals surface area contributed by atoms with Crippen LogP contribution in [0.3, 0.4) is 0 Å². The summed E-state index contributed by atoms with van der Waals surface area (Å²) in [6, 6.07) is 8.75. The van der Waals surface area contributed by atoms with Gasteiger partial charge in [0.05, 0.1) is 23.4 Å². The molecule has 2 aromatic rings. The summed E-state index contributed by atoms with van der Waals surface area (Å²) in [4.78, 5) is 0. The highest BCUT2D eigenvalue weighted by Gasteiger charge is 2.31. The molecule has 21 heavy (non-hydrogen) atoms. The molecule has 0 atom stereocenters. The molecule has 0 aliphatic heterocycles. The zero-order valence-electron chi connectivity index (χ0n) is 11.4. The summed E-state index contributed by atoms with van der Waals surface area (Å²) in [5.74, 6) is 0. The van der Waals surface area contributed by atoms with E-state index < -0.39 is 11.7 Å². The second kappa shape index (κ2) is 5.92. The van der Waals surface area contributed by atoms with Gasteiger partial charge in [-0.25, -0.2) is 0 Å². The molecule has 0 amide bonds. The summed E-state index contributed by atoms with van der Waals surface area (Å²) in [7, 11) is 0. The van der Waals surface area contributed by atoms with Crippen molar-refractivity contribution in [2.75, 3.05) is 5.32 Å². The lowest BCUT2D eigenvalue weighted by Crippen LogP contribution is -2.09. The summed E-state index contributed by atoms with van der Waals surface area (Å²) in [5.41, 5.74) is 0.566. The second-order valence-corrected chi connectivity index (χ2v) is 4.51. The van der Waals surface area contributed by atoms with Gasteiger partial charge in [0.25, 0.3) is 0 Å². The van der Waals surface area contributed by atoms with Crippen molar-refractivity contribution in [3.05, 3.63) is 53.3 Å². The van der Waals surface area contributed by atoms with E-state index in [0.29, 0.717) is 12.2 Å². The third-order valence-corrected chi connectivity index (χ3v) is 3.19. The average molecular weight is 293 g/mol. The van der Waals surface area contributed by atoms with Crippen molar-refractivity contribution in [3.8, 4) is 6.07 Å². The first-order chi connectivity index (χ1) is 9.95. The Balaban J connectivity index is 2.19. The van der Waals surface area contributed by atoms with Crippen molar-refractivity contribution >= 4 is 5.69 Å². The zero-order chi connectivity index (χ0) is 15.5. The Hall–Kier alpha value is -2.42. The van der Waals surface area contributed by atoms with Crippen molar-refractivity contribution in [3.63, 3.8) is 0 Å². The van der Waals surface area contributed by atoms with Crippen LogP contribution in [-0.4, -0.2) is 4.57 Å². The number of anilines is 1. The molecule has 110 valence electrons. The van der Waals surface area contributed by atoms with Gasteiger partial charge in [0.1, 0.15) is 6.07 Å². The molecule has 1 N–H and O–H groups in total. The first-order valence-corrected chi connectivity index (χ1v) is 6.45. The highest BCUT2D eigenvalue weighted by molar-refractivity contribution is 5.59. The normalized spacial score (nSPS) is 11.2. The zero-order valence-corrected chi connectivity index (χ0v) is 11.4. The van der Waals surface area contributed by atoms with Gasteiger partial charge in [-0.1, -0.05) is 0 Å². The number of benzene rings is 1. The maximum Gasteiger partial charge on any atom is 0.416 e. The van der Waals surface area contributed by atoms with Crippen LogP contribution >= 0.6 is 0 Å². The van der Waals surface area contributed by atoms with Crippen molar-refractivity contribution in [1.82, 2.24) is 4.57 Å². The fourth-order valence-corrected chi connectivity index (χ4v) is 2.07. The van der Waals surface area contributed by atoms with Crippen LogP contribution in [0.5, 0.6) is 0 Å². The van der Waals surface area contributed by atoms with Crippen LogP contribution in [0, 0.1) is 11.3 Å². The van der Waals surface area contributed by atoms with E-state index in [4.69, 9.17) is 5.26 Å². The van der Waals surface area contributed by atoms with Gasteiger partial charge < -0.3 is 9.88 Å². The van der Waals surface area contributed by atoms with Gasteiger partial charge in [-0.2, -0.15) is 18.4 Å². The van der Waals surface area contributed by atoms with Crippen molar-refractivity contribution in [2.45, 2.75) is 26.2 Å². The lowest BCUT2D eigenvalue weighted by Gasteiger charge is -2.12. The summed E-state index contributed by atoms with van der Waals surface area (Å²) in [6.07, 6.45) is -2.52. The minimum atomic E-state index is -4.44. The molecule has 3 nitrogen and oxygen atoms in total. The Morgan fingerprint density at radius 3 is 2.67 bits per heavy atom. The fraction of sp³-hybridized carbons (Fsp3) is 0.267. The van der Waals surface area contributed by atoms with Crippen LogP contribution in [0.25, 0.3) is 0 Å². The van der Waals surface area contributed by atoms with E-state index in [9.17, 15) is 13.2 Å². The van der Waals surface area contributed by atoms with Crippen molar-refractivity contribution in [1.29, 1.82) is 5.26 Å². The van der Waals surface area contributed by atoms with E-state index in [0.717, 1.165) is 24.4 Å². The maximum absolute atomic E-state index is 12.6. The molecule has 0 fully saturated rings. The molecule has 1 aromatic heterocycles. The summed E-state index contributed by atoms with van der Waals surface area (Å²) >= 11 is 0. The van der Waals surface area contributed by atoms with Gasteiger partial charge in [0.15, 0.2) is 0 Å². The fourth-order valence-electron chi connectivity index (χ4n) is 2.07. The van der Waals surface area contributed by atoms with Gasteiger partial charge in [-0.05, 0) is 37.3 Å². The number of halogens is 3. The number of aromatic nitrogens is 1. The highest BCUT2D eigenvalue weighted by Crippen LogP contribution is 2.31. The van der Waals surface area contributed by atoms with Gasteiger partial charge in [-0.3, -0.25) is 0 Å². The molecule has 2 rings (SSSR count). The predicted octanol–water partition coefficient (Wildman–Crippen LogP) is 4.01. The SMILES string of the molecule is CCn1cccc1CNc1ccc(C(F)(F)F)cc1C#N. The molecule has 6 heteroatoms. The van der Waals surface area contributed by atoms with Gasteiger partial charge >= 0.3 is 6.18 Å². The first-order valence-electron chi connectivity index (χ1n) is 6.45. The Kier molecular flexibility index (Phi) is 4.22. The Morgan fingerprint density at radius 1 is 1.29 bits per heavy atom. The minimum absolute atomic E-state index is 0.0144. The molecule has 0 radical (unpaired) electrons. The number of alkyl halides is 3. The minimum Gasteiger partial charge on any atom is -0.378 e. The van der Waals surface area contributed by atoms with E-state index in [2.05, 4.69) is 5.32 Å². The monoisotopic (exact) mass is 293 g/mol. The van der Waals surface area contributed by atoms with Crippen LogP contribution in [0.15, 0.2) is 36.5 Å². The topological polar surface area (TPSA) is 40.8 Å². The smallest absolute Gasteiger partial charge is 0.378 e. The van der Waals surface area contributed by atoms with Crippen molar-refractivity contribution < 1.29 is 13.2 Å². The molecule has 0 saturated carbocycles. The molecular weight excluding hydrogens is 279 g/mol. The van der Waals surface area contributed by atoms with Gasteiger partial charge in [-0.15, -0.1) is 0 Å². The van der Waals surface area contributed by atoms with E-state index in [1.54, 1.807) is 6.07 Å². The molecular formula is C15H14F3N3. The van der Waals surface area contributed by atoms with Crippen molar-refractivity contribution in [2.24, 2.45) is 0 Å². The highest BCUT2D eigenvalue weighted by atomic mass is 19.4. The maximum atomic E-state index is 12.6. The van der Waals surface area contributed by atoms with E-state index in [-0.39, 0.29) is 5.56 Å². The molecule has 0 bridgehead atoms. The standard InChI is InChI=1S/C15H14F3N3/c1-2-21-7-3-4-13(21)10-20-14-6-5-12(15(16,17)18)8-11(14)9-19/h3-8,20H,2,10H2,1H3. The van der Waals surface area contributed by atoms with Crippen LogP contribution in [0.1, 0.15) is 23.7 Å². The summed E-state index contributed by atoms with van der Waals surface area (Å²) in [5, 5.41) is 12.0. The van der Waals surface area contributed by atoms with E-state index in [1.807, 2.05) is 29.8 Å². The number of rotatable bonds is 4. The largest absolute Gasteiger partial charge is 0.416 e. The molecule has 1 aromatic carbocycles. The lowest BCUT2D eigenvalue weighted by molar-refractivity contribution is -0.137. The van der Waals surface area contributed by atoms with Crippen LogP contribution < -0.4 is 5.32 Å². The number of nitriles is 1. The summed E-state index contributed by atoms with van der Waals surface area (Å²) < 4.78 is 39.8. The van der Waals surface area contributed by atoms with E-state index in [1.165, 1.54) is 6.07 Å². The number of nitrogens with one attached hydrogen (secondary N) is 1. The molecule has 0 aliphatic rings. The number of aryl methyl sites for hydroxylation is 1. The number of hydrogen-bond acceptors (Lipinski definition) is 2. The third kappa shape index (κ3) is 3.37. The van der Waals surface area contributed by atoms with Crippen LogP contribution in [0.2, 0.25) is 0 Å². The Labute approximate surface area is 120 Å². The predicted molar refractivity (Wildman–Crippen MR) is 73.6 cm³/mol. The third-order valence-electron chi connectivity index (χ3n) is 3.19. The van der Waals surface area contributed by atoms with Crippen LogP contribution in [-0.2, 0) is 19.3 Å². The molecule has 0 aliphatic carbocycles. The first kappa shape index (κ1) is 15.0.